The highest BCUT2D eigenvalue weighted by Crippen LogP contribution is 2.08. The summed E-state index contributed by atoms with van der Waals surface area (Å²) in [4.78, 5) is 15.6. The number of hydrogen-bond donors (Lipinski definition) is 2. The van der Waals surface area contributed by atoms with Gasteiger partial charge in [0.25, 0.3) is 0 Å². The molecule has 1 heterocycles. The van der Waals surface area contributed by atoms with Crippen LogP contribution in [0.5, 0.6) is 0 Å². The molecule has 0 spiro atoms. The van der Waals surface area contributed by atoms with Crippen molar-refractivity contribution in [2.24, 2.45) is 0 Å². The number of hydrogen-bond acceptors (Lipinski definition) is 4. The number of likely N-dealkylation sites (N-methyl/N-ethyl adjacent to an activating group) is 1. The van der Waals surface area contributed by atoms with Crippen molar-refractivity contribution < 1.29 is 4.79 Å². The Bertz CT molecular complexity index is 319. The molecule has 1 aromatic heterocycles. The Labute approximate surface area is 107 Å². The monoisotopic (exact) mass is 253 g/mol. The standard InChI is InChI=1S/C12H19N3OS/c1-2-13-7-8-15-12(16)10-17-9-11-5-3-4-6-14-11/h3-6,13H,2,7-10H2,1H3,(H,15,16). The van der Waals surface area contributed by atoms with Gasteiger partial charge in [-0.15, -0.1) is 11.8 Å². The van der Waals surface area contributed by atoms with Crippen LogP contribution < -0.4 is 10.6 Å². The summed E-state index contributed by atoms with van der Waals surface area (Å²) in [5.41, 5.74) is 1.01. The molecule has 0 radical (unpaired) electrons. The van der Waals surface area contributed by atoms with Crippen LogP contribution in [-0.4, -0.2) is 36.3 Å². The van der Waals surface area contributed by atoms with Crippen molar-refractivity contribution in [3.8, 4) is 0 Å². The molecule has 0 aliphatic rings. The molecule has 5 heteroatoms. The second-order valence-corrected chi connectivity index (χ2v) is 4.50. The Balaban J connectivity index is 2.04. The summed E-state index contributed by atoms with van der Waals surface area (Å²) in [7, 11) is 0. The molecule has 94 valence electrons. The second kappa shape index (κ2) is 9.01. The average Bonchev–Trinajstić information content (AvgIpc) is 2.36. The van der Waals surface area contributed by atoms with Crippen LogP contribution in [0.2, 0.25) is 0 Å². The molecule has 1 aromatic rings. The smallest absolute Gasteiger partial charge is 0.230 e. The first kappa shape index (κ1) is 14.0. The molecule has 0 aliphatic carbocycles. The first-order valence-corrected chi connectivity index (χ1v) is 6.93. The third kappa shape index (κ3) is 6.97. The Morgan fingerprint density at radius 2 is 2.29 bits per heavy atom. The number of rotatable bonds is 8. The minimum absolute atomic E-state index is 0.0869. The van der Waals surface area contributed by atoms with Gasteiger partial charge in [-0.1, -0.05) is 13.0 Å². The minimum atomic E-state index is 0.0869. The zero-order valence-electron chi connectivity index (χ0n) is 10.1. The van der Waals surface area contributed by atoms with Crippen molar-refractivity contribution in [1.82, 2.24) is 15.6 Å². The summed E-state index contributed by atoms with van der Waals surface area (Å²) in [6.45, 7) is 4.50. The predicted octanol–water partition coefficient (Wildman–Crippen LogP) is 1.04. The molecule has 1 rings (SSSR count). The summed E-state index contributed by atoms with van der Waals surface area (Å²) in [6, 6.07) is 5.82. The van der Waals surface area contributed by atoms with Gasteiger partial charge in [0, 0.05) is 25.0 Å². The molecule has 4 nitrogen and oxygen atoms in total. The largest absolute Gasteiger partial charge is 0.354 e. The van der Waals surface area contributed by atoms with Gasteiger partial charge in [-0.25, -0.2) is 0 Å². The average molecular weight is 253 g/mol. The van der Waals surface area contributed by atoms with Gasteiger partial charge in [-0.05, 0) is 18.7 Å². The van der Waals surface area contributed by atoms with E-state index >= 15 is 0 Å². The molecule has 2 N–H and O–H groups in total. The van der Waals surface area contributed by atoms with Gasteiger partial charge < -0.3 is 10.6 Å². The molecule has 0 fully saturated rings. The Morgan fingerprint density at radius 1 is 1.41 bits per heavy atom. The summed E-state index contributed by atoms with van der Waals surface area (Å²) in [6.07, 6.45) is 1.77. The Hall–Kier alpha value is -1.07. The number of amides is 1. The normalized spacial score (nSPS) is 10.2. The van der Waals surface area contributed by atoms with E-state index < -0.39 is 0 Å². The number of thioether (sulfide) groups is 1. The van der Waals surface area contributed by atoms with E-state index in [1.54, 1.807) is 18.0 Å². The SMILES string of the molecule is CCNCCNC(=O)CSCc1ccccn1. The van der Waals surface area contributed by atoms with Gasteiger partial charge in [-0.2, -0.15) is 0 Å². The van der Waals surface area contributed by atoms with E-state index in [-0.39, 0.29) is 5.91 Å². The third-order valence-corrected chi connectivity index (χ3v) is 3.05. The lowest BCUT2D eigenvalue weighted by Gasteiger charge is -2.05. The molecule has 0 aliphatic heterocycles. The van der Waals surface area contributed by atoms with Gasteiger partial charge in [0.05, 0.1) is 11.4 Å². The molecule has 0 aromatic carbocycles. The van der Waals surface area contributed by atoms with Crippen LogP contribution in [0, 0.1) is 0 Å². The molecule has 0 saturated heterocycles. The fourth-order valence-corrected chi connectivity index (χ4v) is 2.02. The van der Waals surface area contributed by atoms with E-state index in [0.29, 0.717) is 12.3 Å². The van der Waals surface area contributed by atoms with Gasteiger partial charge in [0.1, 0.15) is 0 Å². The fourth-order valence-electron chi connectivity index (χ4n) is 1.25. The minimum Gasteiger partial charge on any atom is -0.354 e. The first-order valence-electron chi connectivity index (χ1n) is 5.78. The summed E-state index contributed by atoms with van der Waals surface area (Å²) in [5, 5.41) is 6.02. The first-order chi connectivity index (χ1) is 8.33. The van der Waals surface area contributed by atoms with E-state index in [2.05, 4.69) is 15.6 Å². The van der Waals surface area contributed by atoms with E-state index in [4.69, 9.17) is 0 Å². The van der Waals surface area contributed by atoms with Crippen molar-refractivity contribution in [1.29, 1.82) is 0 Å². The van der Waals surface area contributed by atoms with Gasteiger partial charge in [0.2, 0.25) is 5.91 Å². The third-order valence-electron chi connectivity index (χ3n) is 2.08. The second-order valence-electron chi connectivity index (χ2n) is 3.52. The Kier molecular flexibility index (Phi) is 7.42. The highest BCUT2D eigenvalue weighted by molar-refractivity contribution is 7.99. The van der Waals surface area contributed by atoms with E-state index in [1.165, 1.54) is 0 Å². The van der Waals surface area contributed by atoms with Crippen LogP contribution >= 0.6 is 11.8 Å². The van der Waals surface area contributed by atoms with Gasteiger partial charge >= 0.3 is 0 Å². The predicted molar refractivity (Wildman–Crippen MR) is 72.0 cm³/mol. The van der Waals surface area contributed by atoms with Crippen LogP contribution in [0.15, 0.2) is 24.4 Å². The number of nitrogens with zero attached hydrogens (tertiary/aromatic N) is 1. The van der Waals surface area contributed by atoms with E-state index in [1.807, 2.05) is 25.1 Å². The van der Waals surface area contributed by atoms with Gasteiger partial charge in [-0.3, -0.25) is 9.78 Å². The van der Waals surface area contributed by atoms with Crippen LogP contribution in [0.1, 0.15) is 12.6 Å². The molecule has 1 amide bonds. The van der Waals surface area contributed by atoms with Crippen LogP contribution in [-0.2, 0) is 10.5 Å². The van der Waals surface area contributed by atoms with Crippen molar-refractivity contribution in [2.45, 2.75) is 12.7 Å². The molecule has 17 heavy (non-hydrogen) atoms. The number of carbonyl (C=O) groups is 1. The maximum Gasteiger partial charge on any atom is 0.230 e. The van der Waals surface area contributed by atoms with Gasteiger partial charge in [0.15, 0.2) is 0 Å². The molecule has 0 saturated carbocycles. The molecule has 0 atom stereocenters. The van der Waals surface area contributed by atoms with Crippen molar-refractivity contribution in [3.05, 3.63) is 30.1 Å². The zero-order chi connectivity index (χ0) is 12.3. The molecule has 0 unspecified atom stereocenters. The number of carbonyl (C=O) groups excluding carboxylic acids is 1. The van der Waals surface area contributed by atoms with Crippen molar-refractivity contribution >= 4 is 17.7 Å². The molecular weight excluding hydrogens is 234 g/mol. The van der Waals surface area contributed by atoms with Crippen LogP contribution in [0.3, 0.4) is 0 Å². The molecular formula is C12H19N3OS. The van der Waals surface area contributed by atoms with Crippen molar-refractivity contribution in [2.75, 3.05) is 25.4 Å². The summed E-state index contributed by atoms with van der Waals surface area (Å²) in [5.74, 6) is 1.35. The highest BCUT2D eigenvalue weighted by Gasteiger charge is 2.01. The Morgan fingerprint density at radius 3 is 3.00 bits per heavy atom. The maximum absolute atomic E-state index is 11.4. The van der Waals surface area contributed by atoms with Crippen LogP contribution in [0.4, 0.5) is 0 Å². The lowest BCUT2D eigenvalue weighted by Crippen LogP contribution is -2.32. The number of nitrogens with one attached hydrogen (secondary N) is 2. The number of pyridine rings is 1. The quantitative estimate of drug-likeness (QED) is 0.680. The summed E-state index contributed by atoms with van der Waals surface area (Å²) < 4.78 is 0. The lowest BCUT2D eigenvalue weighted by molar-refractivity contribution is -0.118. The summed E-state index contributed by atoms with van der Waals surface area (Å²) >= 11 is 1.58. The highest BCUT2D eigenvalue weighted by atomic mass is 32.2. The zero-order valence-corrected chi connectivity index (χ0v) is 10.9. The fraction of sp³-hybridized carbons (Fsp3) is 0.500. The number of aromatic nitrogens is 1. The van der Waals surface area contributed by atoms with E-state index in [0.717, 1.165) is 24.5 Å². The molecule has 0 bridgehead atoms. The lowest BCUT2D eigenvalue weighted by atomic mass is 10.4. The van der Waals surface area contributed by atoms with E-state index in [9.17, 15) is 4.79 Å². The van der Waals surface area contributed by atoms with Crippen molar-refractivity contribution in [3.63, 3.8) is 0 Å². The topological polar surface area (TPSA) is 54.0 Å². The van der Waals surface area contributed by atoms with Crippen LogP contribution in [0.25, 0.3) is 0 Å². The maximum atomic E-state index is 11.4.